The van der Waals surface area contributed by atoms with Crippen molar-refractivity contribution in [1.82, 2.24) is 5.32 Å². The SMILES string of the molecule is CCc1ccc(C(O)C(CCC(=O)O)NCC(C)C)cc1. The zero-order valence-corrected chi connectivity index (χ0v) is 13.2. The molecule has 0 aromatic heterocycles. The highest BCUT2D eigenvalue weighted by atomic mass is 16.4. The van der Waals surface area contributed by atoms with Gasteiger partial charge >= 0.3 is 5.97 Å². The van der Waals surface area contributed by atoms with Gasteiger partial charge in [-0.05, 0) is 36.4 Å². The molecule has 4 nitrogen and oxygen atoms in total. The molecule has 0 amide bonds. The van der Waals surface area contributed by atoms with Crippen molar-refractivity contribution in [3.05, 3.63) is 35.4 Å². The number of aliphatic hydroxyl groups excluding tert-OH is 1. The van der Waals surface area contributed by atoms with Crippen LogP contribution in [0.25, 0.3) is 0 Å². The van der Waals surface area contributed by atoms with Gasteiger partial charge in [-0.15, -0.1) is 0 Å². The van der Waals surface area contributed by atoms with Crippen LogP contribution in [0.4, 0.5) is 0 Å². The van der Waals surface area contributed by atoms with Crippen LogP contribution in [0.3, 0.4) is 0 Å². The van der Waals surface area contributed by atoms with Gasteiger partial charge in [-0.1, -0.05) is 45.0 Å². The lowest BCUT2D eigenvalue weighted by Gasteiger charge is -2.25. The molecule has 0 radical (unpaired) electrons. The summed E-state index contributed by atoms with van der Waals surface area (Å²) >= 11 is 0. The largest absolute Gasteiger partial charge is 0.481 e. The molecule has 0 aliphatic heterocycles. The second kappa shape index (κ2) is 8.80. The van der Waals surface area contributed by atoms with E-state index in [1.54, 1.807) is 0 Å². The van der Waals surface area contributed by atoms with Crippen molar-refractivity contribution in [2.45, 2.75) is 52.2 Å². The third-order valence-electron chi connectivity index (χ3n) is 3.57. The van der Waals surface area contributed by atoms with Crippen LogP contribution in [-0.4, -0.2) is 28.8 Å². The summed E-state index contributed by atoms with van der Waals surface area (Å²) in [7, 11) is 0. The number of carbonyl (C=O) groups is 1. The maximum atomic E-state index is 10.8. The van der Waals surface area contributed by atoms with E-state index < -0.39 is 12.1 Å². The zero-order chi connectivity index (χ0) is 15.8. The molecule has 1 aromatic rings. The number of carboxylic acids is 1. The van der Waals surface area contributed by atoms with Crippen molar-refractivity contribution in [2.24, 2.45) is 5.92 Å². The molecule has 1 aromatic carbocycles. The van der Waals surface area contributed by atoms with E-state index in [1.165, 1.54) is 5.56 Å². The van der Waals surface area contributed by atoms with Crippen molar-refractivity contribution in [1.29, 1.82) is 0 Å². The van der Waals surface area contributed by atoms with Crippen LogP contribution in [0.15, 0.2) is 24.3 Å². The lowest BCUT2D eigenvalue weighted by molar-refractivity contribution is -0.137. The van der Waals surface area contributed by atoms with E-state index in [0.29, 0.717) is 12.3 Å². The lowest BCUT2D eigenvalue weighted by atomic mass is 9.96. The Hall–Kier alpha value is -1.39. The van der Waals surface area contributed by atoms with E-state index >= 15 is 0 Å². The normalized spacial score (nSPS) is 14.1. The Kier molecular flexibility index (Phi) is 7.40. The monoisotopic (exact) mass is 293 g/mol. The Labute approximate surface area is 127 Å². The first kappa shape index (κ1) is 17.7. The maximum Gasteiger partial charge on any atom is 0.303 e. The predicted octanol–water partition coefficient (Wildman–Crippen LogP) is 2.76. The van der Waals surface area contributed by atoms with Gasteiger partial charge in [0.25, 0.3) is 0 Å². The minimum atomic E-state index is -0.833. The molecule has 2 atom stereocenters. The minimum absolute atomic E-state index is 0.0554. The fraction of sp³-hybridized carbons (Fsp3) is 0.588. The fourth-order valence-electron chi connectivity index (χ4n) is 2.22. The van der Waals surface area contributed by atoms with Crippen LogP contribution in [0.1, 0.15) is 50.8 Å². The quantitative estimate of drug-likeness (QED) is 0.655. The van der Waals surface area contributed by atoms with Crippen molar-refractivity contribution in [3.8, 4) is 0 Å². The number of aryl methyl sites for hydroxylation is 1. The topological polar surface area (TPSA) is 69.6 Å². The first-order valence-corrected chi connectivity index (χ1v) is 7.66. The summed E-state index contributed by atoms with van der Waals surface area (Å²) in [6.45, 7) is 7.02. The molecular formula is C17H27NO3. The average Bonchev–Trinajstić information content (AvgIpc) is 2.46. The van der Waals surface area contributed by atoms with Gasteiger partial charge in [0.15, 0.2) is 0 Å². The zero-order valence-electron chi connectivity index (χ0n) is 13.2. The maximum absolute atomic E-state index is 10.8. The van der Waals surface area contributed by atoms with Crippen molar-refractivity contribution < 1.29 is 15.0 Å². The summed E-state index contributed by atoms with van der Waals surface area (Å²) in [6.07, 6.45) is 0.747. The van der Waals surface area contributed by atoms with Gasteiger partial charge in [-0.2, -0.15) is 0 Å². The van der Waals surface area contributed by atoms with E-state index in [0.717, 1.165) is 18.5 Å². The van der Waals surface area contributed by atoms with Crippen molar-refractivity contribution in [3.63, 3.8) is 0 Å². The summed E-state index contributed by atoms with van der Waals surface area (Å²) in [5.74, 6) is -0.383. The third kappa shape index (κ3) is 6.27. The number of hydrogen-bond donors (Lipinski definition) is 3. The molecule has 0 saturated carbocycles. The molecule has 2 unspecified atom stereocenters. The Bertz CT molecular complexity index is 428. The minimum Gasteiger partial charge on any atom is -0.481 e. The van der Waals surface area contributed by atoms with Gasteiger partial charge in [-0.25, -0.2) is 0 Å². The number of nitrogens with one attached hydrogen (secondary N) is 1. The summed E-state index contributed by atoms with van der Waals surface area (Å²) in [6, 6.07) is 7.63. The molecule has 0 heterocycles. The van der Waals surface area contributed by atoms with Gasteiger partial charge in [0.1, 0.15) is 0 Å². The molecule has 118 valence electrons. The number of benzene rings is 1. The highest BCUT2D eigenvalue weighted by Gasteiger charge is 2.21. The lowest BCUT2D eigenvalue weighted by Crippen LogP contribution is -2.37. The molecule has 0 fully saturated rings. The van der Waals surface area contributed by atoms with Gasteiger partial charge < -0.3 is 15.5 Å². The molecule has 0 aliphatic rings. The smallest absolute Gasteiger partial charge is 0.303 e. The summed E-state index contributed by atoms with van der Waals surface area (Å²) in [5, 5.41) is 22.7. The van der Waals surface area contributed by atoms with E-state index in [9.17, 15) is 9.90 Å². The Morgan fingerprint density at radius 3 is 2.33 bits per heavy atom. The molecule has 0 spiro atoms. The predicted molar refractivity (Wildman–Crippen MR) is 84.3 cm³/mol. The van der Waals surface area contributed by atoms with Gasteiger partial charge in [0, 0.05) is 12.5 Å². The molecule has 3 N–H and O–H groups in total. The number of rotatable bonds is 9. The van der Waals surface area contributed by atoms with Crippen LogP contribution in [-0.2, 0) is 11.2 Å². The second-order valence-corrected chi connectivity index (χ2v) is 5.88. The third-order valence-corrected chi connectivity index (χ3v) is 3.57. The standard InChI is InChI=1S/C17H27NO3/c1-4-13-5-7-14(8-6-13)17(21)15(9-10-16(19)20)18-11-12(2)3/h5-8,12,15,17-18,21H,4,9-11H2,1-3H3,(H,19,20). The van der Waals surface area contributed by atoms with Crippen LogP contribution in [0, 0.1) is 5.92 Å². The van der Waals surface area contributed by atoms with Gasteiger partial charge in [0.2, 0.25) is 0 Å². The summed E-state index contributed by atoms with van der Waals surface area (Å²) < 4.78 is 0. The van der Waals surface area contributed by atoms with Gasteiger partial charge in [0.05, 0.1) is 6.10 Å². The molecule has 1 rings (SSSR count). The first-order valence-electron chi connectivity index (χ1n) is 7.66. The fourth-order valence-corrected chi connectivity index (χ4v) is 2.22. The first-order chi connectivity index (χ1) is 9.93. The summed E-state index contributed by atoms with van der Waals surface area (Å²) in [5.41, 5.74) is 2.06. The van der Waals surface area contributed by atoms with Crippen LogP contribution in [0.2, 0.25) is 0 Å². The van der Waals surface area contributed by atoms with E-state index in [-0.39, 0.29) is 12.5 Å². The van der Waals surface area contributed by atoms with Crippen molar-refractivity contribution in [2.75, 3.05) is 6.54 Å². The molecule has 0 saturated heterocycles. The Balaban J connectivity index is 2.75. The van der Waals surface area contributed by atoms with Crippen molar-refractivity contribution >= 4 is 5.97 Å². The van der Waals surface area contributed by atoms with Crippen LogP contribution in [0.5, 0.6) is 0 Å². The number of hydrogen-bond acceptors (Lipinski definition) is 3. The Morgan fingerprint density at radius 1 is 1.24 bits per heavy atom. The Morgan fingerprint density at radius 2 is 1.86 bits per heavy atom. The molecule has 0 bridgehead atoms. The van der Waals surface area contributed by atoms with Gasteiger partial charge in [-0.3, -0.25) is 4.79 Å². The molecule has 21 heavy (non-hydrogen) atoms. The van der Waals surface area contributed by atoms with E-state index in [4.69, 9.17) is 5.11 Å². The second-order valence-electron chi connectivity index (χ2n) is 5.88. The summed E-state index contributed by atoms with van der Waals surface area (Å²) in [4.78, 5) is 10.8. The van der Waals surface area contributed by atoms with E-state index in [1.807, 2.05) is 24.3 Å². The average molecular weight is 293 g/mol. The van der Waals surface area contributed by atoms with E-state index in [2.05, 4.69) is 26.1 Å². The molecule has 0 aliphatic carbocycles. The molecule has 4 heteroatoms. The van der Waals surface area contributed by atoms with Crippen LogP contribution >= 0.6 is 0 Å². The molecular weight excluding hydrogens is 266 g/mol. The number of aliphatic carboxylic acids is 1. The number of aliphatic hydroxyl groups is 1. The van der Waals surface area contributed by atoms with Crippen LogP contribution < -0.4 is 5.32 Å². The number of carboxylic acid groups (broad SMARTS) is 1. The highest BCUT2D eigenvalue weighted by molar-refractivity contribution is 5.66. The highest BCUT2D eigenvalue weighted by Crippen LogP contribution is 2.21.